The number of ether oxygens (including phenoxy) is 3. The lowest BCUT2D eigenvalue weighted by Gasteiger charge is -2.30. The van der Waals surface area contributed by atoms with Gasteiger partial charge in [0, 0.05) is 6.07 Å². The molecule has 120 valence electrons. The van der Waals surface area contributed by atoms with Crippen molar-refractivity contribution in [3.05, 3.63) is 42.0 Å². The van der Waals surface area contributed by atoms with Gasteiger partial charge in [-0.2, -0.15) is 0 Å². The topological polar surface area (TPSA) is 65.1 Å². The zero-order valence-electron chi connectivity index (χ0n) is 12.5. The fourth-order valence-corrected chi connectivity index (χ4v) is 4.18. The van der Waals surface area contributed by atoms with Crippen LogP contribution in [0.5, 0.6) is 17.2 Å². The van der Waals surface area contributed by atoms with Crippen molar-refractivity contribution in [3.63, 3.8) is 0 Å². The van der Waals surface area contributed by atoms with Gasteiger partial charge in [-0.05, 0) is 36.8 Å². The third-order valence-electron chi connectivity index (χ3n) is 3.87. The number of hydrogen-bond donors (Lipinski definition) is 0. The Morgan fingerprint density at radius 3 is 2.61 bits per heavy atom. The Morgan fingerprint density at radius 2 is 1.74 bits per heavy atom. The lowest BCUT2D eigenvalue weighted by atomic mass is 10.2. The van der Waals surface area contributed by atoms with Gasteiger partial charge in [0.25, 0.3) is 10.0 Å². The maximum absolute atomic E-state index is 13.0. The normalized spacial score (nSPS) is 16.0. The minimum atomic E-state index is -3.70. The smallest absolute Gasteiger partial charge is 0.264 e. The number of fused-ring (bicyclic) bond motifs is 2. The van der Waals surface area contributed by atoms with E-state index in [1.807, 2.05) is 19.1 Å². The number of benzene rings is 2. The second-order valence-electron chi connectivity index (χ2n) is 5.41. The molecule has 0 radical (unpaired) electrons. The highest BCUT2D eigenvalue weighted by Gasteiger charge is 2.31. The molecule has 0 atom stereocenters. The quantitative estimate of drug-likeness (QED) is 0.844. The number of anilines is 1. The molecule has 2 aromatic rings. The molecular weight excluding hydrogens is 318 g/mol. The molecule has 0 aliphatic carbocycles. The minimum absolute atomic E-state index is 0.110. The van der Waals surface area contributed by atoms with Crippen LogP contribution in [0.15, 0.2) is 41.3 Å². The van der Waals surface area contributed by atoms with Crippen molar-refractivity contribution in [3.8, 4) is 17.2 Å². The highest BCUT2D eigenvalue weighted by Crippen LogP contribution is 2.38. The number of hydrogen-bond acceptors (Lipinski definition) is 5. The molecule has 0 saturated heterocycles. The van der Waals surface area contributed by atoms with Crippen molar-refractivity contribution in [1.82, 2.24) is 0 Å². The number of nitrogens with zero attached hydrogens (tertiary/aromatic N) is 1. The second kappa shape index (κ2) is 5.06. The van der Waals surface area contributed by atoms with E-state index in [1.165, 1.54) is 16.4 Å². The first-order chi connectivity index (χ1) is 11.1. The molecule has 0 unspecified atom stereocenters. The first kappa shape index (κ1) is 14.2. The summed E-state index contributed by atoms with van der Waals surface area (Å²) in [7, 11) is -3.70. The summed E-state index contributed by atoms with van der Waals surface area (Å²) in [5.74, 6) is 1.58. The van der Waals surface area contributed by atoms with E-state index in [2.05, 4.69) is 0 Å². The van der Waals surface area contributed by atoms with Crippen molar-refractivity contribution < 1.29 is 22.6 Å². The van der Waals surface area contributed by atoms with Gasteiger partial charge in [0.05, 0.1) is 17.1 Å². The Hall–Kier alpha value is -2.41. The van der Waals surface area contributed by atoms with Crippen molar-refractivity contribution in [2.45, 2.75) is 11.8 Å². The van der Waals surface area contributed by atoms with Crippen molar-refractivity contribution in [2.75, 3.05) is 24.2 Å². The molecule has 4 rings (SSSR count). The fraction of sp³-hybridized carbons (Fsp3) is 0.250. The summed E-state index contributed by atoms with van der Waals surface area (Å²) in [6, 6.07) is 10.2. The molecule has 0 bridgehead atoms. The number of sulfonamides is 1. The molecule has 0 spiro atoms. The van der Waals surface area contributed by atoms with Crippen LogP contribution in [0, 0.1) is 6.92 Å². The van der Waals surface area contributed by atoms with E-state index in [0.717, 1.165) is 5.56 Å². The van der Waals surface area contributed by atoms with E-state index in [0.29, 0.717) is 29.5 Å². The maximum Gasteiger partial charge on any atom is 0.264 e. The monoisotopic (exact) mass is 333 g/mol. The van der Waals surface area contributed by atoms with Gasteiger partial charge in [0.15, 0.2) is 11.5 Å². The zero-order valence-corrected chi connectivity index (χ0v) is 13.3. The van der Waals surface area contributed by atoms with Gasteiger partial charge in [-0.3, -0.25) is 4.31 Å². The van der Waals surface area contributed by atoms with Crippen LogP contribution in [0.3, 0.4) is 0 Å². The van der Waals surface area contributed by atoms with Gasteiger partial charge in [-0.1, -0.05) is 6.07 Å². The van der Waals surface area contributed by atoms with Crippen molar-refractivity contribution >= 4 is 15.7 Å². The molecule has 2 aromatic carbocycles. The Kier molecular flexibility index (Phi) is 3.12. The molecule has 7 heteroatoms. The standard InChI is InChI=1S/C16H15NO5S/c1-11-2-4-14-13(8-11)17(6-7-20-14)23(18,19)12-3-5-15-16(9-12)22-10-21-15/h2-5,8-9H,6-7,10H2,1H3. The molecule has 6 nitrogen and oxygen atoms in total. The van der Waals surface area contributed by atoms with Crippen LogP contribution < -0.4 is 18.5 Å². The average molecular weight is 333 g/mol. The van der Waals surface area contributed by atoms with Gasteiger partial charge in [0.2, 0.25) is 6.79 Å². The van der Waals surface area contributed by atoms with Gasteiger partial charge >= 0.3 is 0 Å². The molecule has 0 fully saturated rings. The van der Waals surface area contributed by atoms with Crippen LogP contribution >= 0.6 is 0 Å². The van der Waals surface area contributed by atoms with Crippen LogP contribution in [0.25, 0.3) is 0 Å². The Bertz CT molecular complexity index is 878. The molecule has 2 heterocycles. The first-order valence-corrected chi connectivity index (χ1v) is 8.65. The summed E-state index contributed by atoms with van der Waals surface area (Å²) in [4.78, 5) is 0.177. The first-order valence-electron chi connectivity index (χ1n) is 7.21. The minimum Gasteiger partial charge on any atom is -0.489 e. The fourth-order valence-electron chi connectivity index (χ4n) is 2.72. The Labute approximate surface area is 134 Å². The van der Waals surface area contributed by atoms with Gasteiger partial charge in [0.1, 0.15) is 12.4 Å². The van der Waals surface area contributed by atoms with Crippen LogP contribution in [0.1, 0.15) is 5.56 Å². The third-order valence-corrected chi connectivity index (χ3v) is 5.68. The van der Waals surface area contributed by atoms with Gasteiger partial charge in [-0.25, -0.2) is 8.42 Å². The maximum atomic E-state index is 13.0. The number of aryl methyl sites for hydroxylation is 1. The largest absolute Gasteiger partial charge is 0.489 e. The van der Waals surface area contributed by atoms with Crippen molar-refractivity contribution in [1.29, 1.82) is 0 Å². The van der Waals surface area contributed by atoms with Crippen LogP contribution in [0.2, 0.25) is 0 Å². The molecule has 0 N–H and O–H groups in total. The van der Waals surface area contributed by atoms with E-state index in [9.17, 15) is 8.42 Å². The highest BCUT2D eigenvalue weighted by atomic mass is 32.2. The zero-order chi connectivity index (χ0) is 16.0. The summed E-state index contributed by atoms with van der Waals surface area (Å²) < 4.78 is 43.5. The van der Waals surface area contributed by atoms with Gasteiger partial charge < -0.3 is 14.2 Å². The Morgan fingerprint density at radius 1 is 0.957 bits per heavy atom. The Balaban J connectivity index is 1.80. The van der Waals surface area contributed by atoms with Gasteiger partial charge in [-0.15, -0.1) is 0 Å². The van der Waals surface area contributed by atoms with Crippen LogP contribution in [-0.4, -0.2) is 28.4 Å². The van der Waals surface area contributed by atoms with E-state index in [-0.39, 0.29) is 18.2 Å². The van der Waals surface area contributed by atoms with E-state index >= 15 is 0 Å². The molecule has 2 aliphatic heterocycles. The summed E-state index contributed by atoms with van der Waals surface area (Å²) in [5, 5.41) is 0. The molecule has 2 aliphatic rings. The highest BCUT2D eigenvalue weighted by molar-refractivity contribution is 7.92. The summed E-state index contributed by atoms with van der Waals surface area (Å²) in [5.41, 5.74) is 1.54. The molecule has 23 heavy (non-hydrogen) atoms. The molecule has 0 saturated carbocycles. The summed E-state index contributed by atoms with van der Waals surface area (Å²) in [6.45, 7) is 2.62. The second-order valence-corrected chi connectivity index (χ2v) is 7.27. The number of rotatable bonds is 2. The summed E-state index contributed by atoms with van der Waals surface area (Å²) in [6.07, 6.45) is 0. The molecule has 0 aromatic heterocycles. The SMILES string of the molecule is Cc1ccc2c(c1)N(S(=O)(=O)c1ccc3c(c1)OCO3)CCO2. The van der Waals surface area contributed by atoms with E-state index in [4.69, 9.17) is 14.2 Å². The average Bonchev–Trinajstić information content (AvgIpc) is 3.01. The van der Waals surface area contributed by atoms with Crippen LogP contribution in [0.4, 0.5) is 5.69 Å². The molecular formula is C16H15NO5S. The van der Waals surface area contributed by atoms with Crippen LogP contribution in [-0.2, 0) is 10.0 Å². The predicted octanol–water partition coefficient (Wildman–Crippen LogP) is 2.31. The third kappa shape index (κ3) is 2.28. The molecule has 0 amide bonds. The lowest BCUT2D eigenvalue weighted by molar-refractivity contribution is 0.174. The predicted molar refractivity (Wildman–Crippen MR) is 83.8 cm³/mol. The van der Waals surface area contributed by atoms with E-state index < -0.39 is 10.0 Å². The summed E-state index contributed by atoms with van der Waals surface area (Å²) >= 11 is 0. The lowest BCUT2D eigenvalue weighted by Crippen LogP contribution is -2.37. The van der Waals surface area contributed by atoms with E-state index in [1.54, 1.807) is 12.1 Å². The van der Waals surface area contributed by atoms with Crippen molar-refractivity contribution in [2.24, 2.45) is 0 Å².